The Morgan fingerprint density at radius 3 is 2.72 bits per heavy atom. The van der Waals surface area contributed by atoms with Crippen LogP contribution in [0.25, 0.3) is 10.9 Å². The van der Waals surface area contributed by atoms with Gasteiger partial charge in [0.1, 0.15) is 6.07 Å². The number of aromatic nitrogens is 1. The van der Waals surface area contributed by atoms with Crippen LogP contribution in [0.4, 0.5) is 0 Å². The van der Waals surface area contributed by atoms with Crippen LogP contribution in [0.15, 0.2) is 35.9 Å². The number of benzene rings is 1. The van der Waals surface area contributed by atoms with Gasteiger partial charge in [-0.2, -0.15) is 5.26 Å². The summed E-state index contributed by atoms with van der Waals surface area (Å²) in [5.74, 6) is -2.67. The molecule has 0 bridgehead atoms. The highest BCUT2D eigenvalue weighted by atomic mass is 16.4. The van der Waals surface area contributed by atoms with Crippen molar-refractivity contribution in [2.75, 3.05) is 13.6 Å². The van der Waals surface area contributed by atoms with Gasteiger partial charge in [0, 0.05) is 35.7 Å². The Hall–Kier alpha value is -3.24. The lowest BCUT2D eigenvalue weighted by Crippen LogP contribution is -2.36. The summed E-state index contributed by atoms with van der Waals surface area (Å²) in [7, 11) is 1.71. The molecule has 1 aromatic heterocycles. The van der Waals surface area contributed by atoms with Crippen molar-refractivity contribution < 1.29 is 19.8 Å². The first-order valence-corrected chi connectivity index (χ1v) is 7.63. The van der Waals surface area contributed by atoms with E-state index in [0.717, 1.165) is 0 Å². The molecule has 0 fully saturated rings. The lowest BCUT2D eigenvalue weighted by atomic mass is 9.86. The highest BCUT2D eigenvalue weighted by Gasteiger charge is 2.35. The Morgan fingerprint density at radius 1 is 1.36 bits per heavy atom. The molecule has 2 aromatic rings. The van der Waals surface area contributed by atoms with Gasteiger partial charge in [0.15, 0.2) is 0 Å². The maximum Gasteiger partial charge on any atom is 0.333 e. The number of fused-ring (bicyclic) bond motifs is 2. The smallest absolute Gasteiger partial charge is 0.333 e. The molecule has 0 spiro atoms. The Labute approximate surface area is 143 Å². The van der Waals surface area contributed by atoms with E-state index >= 15 is 0 Å². The van der Waals surface area contributed by atoms with Gasteiger partial charge in [-0.15, -0.1) is 0 Å². The van der Waals surface area contributed by atoms with E-state index in [1.165, 1.54) is 0 Å². The van der Waals surface area contributed by atoms with Gasteiger partial charge < -0.3 is 10.2 Å². The number of hydrogen-bond acceptors (Lipinski definition) is 5. The van der Waals surface area contributed by atoms with Crippen LogP contribution in [0.1, 0.15) is 22.9 Å². The number of carboxylic acids is 2. The molecule has 1 unspecified atom stereocenters. The fourth-order valence-electron chi connectivity index (χ4n) is 3.30. The van der Waals surface area contributed by atoms with Crippen molar-refractivity contribution >= 4 is 22.8 Å². The molecule has 7 heteroatoms. The molecule has 1 aromatic carbocycles. The topological polar surface area (TPSA) is 115 Å². The van der Waals surface area contributed by atoms with Crippen molar-refractivity contribution in [3.8, 4) is 6.07 Å². The molecule has 7 nitrogen and oxygen atoms in total. The van der Waals surface area contributed by atoms with E-state index in [1.54, 1.807) is 30.1 Å². The molecule has 3 rings (SSSR count). The molecular formula is C18H15N3O4. The number of hydrogen-bond donors (Lipinski definition) is 2. The van der Waals surface area contributed by atoms with Crippen molar-refractivity contribution in [2.24, 2.45) is 0 Å². The number of carboxylic acid groups (broad SMARTS) is 2. The normalized spacial score (nSPS) is 17.8. The average molecular weight is 337 g/mol. The van der Waals surface area contributed by atoms with Gasteiger partial charge in [0.2, 0.25) is 0 Å². The zero-order valence-electron chi connectivity index (χ0n) is 13.4. The minimum atomic E-state index is -1.34. The monoisotopic (exact) mass is 337 g/mol. The van der Waals surface area contributed by atoms with Crippen LogP contribution >= 0.6 is 0 Å². The SMILES string of the molecule is CN1CCc2nc3ccccc3c(C#N)c2C1C(=CC(=O)O)C(=O)O. The minimum absolute atomic E-state index is 0.287. The summed E-state index contributed by atoms with van der Waals surface area (Å²) in [6, 6.07) is 8.48. The predicted molar refractivity (Wildman–Crippen MR) is 88.9 cm³/mol. The van der Waals surface area contributed by atoms with Crippen LogP contribution in [0.3, 0.4) is 0 Å². The minimum Gasteiger partial charge on any atom is -0.478 e. The summed E-state index contributed by atoms with van der Waals surface area (Å²) in [6.07, 6.45) is 1.25. The van der Waals surface area contributed by atoms with Crippen LogP contribution in [0.2, 0.25) is 0 Å². The molecule has 0 saturated heterocycles. The third kappa shape index (κ3) is 2.84. The van der Waals surface area contributed by atoms with E-state index in [2.05, 4.69) is 11.1 Å². The summed E-state index contributed by atoms with van der Waals surface area (Å²) in [6.45, 7) is 0.512. The Morgan fingerprint density at radius 2 is 2.08 bits per heavy atom. The summed E-state index contributed by atoms with van der Waals surface area (Å²) in [5, 5.41) is 28.9. The van der Waals surface area contributed by atoms with Crippen molar-refractivity contribution in [1.82, 2.24) is 9.88 Å². The van der Waals surface area contributed by atoms with Gasteiger partial charge in [-0.05, 0) is 13.1 Å². The van der Waals surface area contributed by atoms with E-state index in [4.69, 9.17) is 5.11 Å². The van der Waals surface area contributed by atoms with E-state index in [1.807, 2.05) is 6.07 Å². The third-order valence-electron chi connectivity index (χ3n) is 4.36. The highest BCUT2D eigenvalue weighted by molar-refractivity contribution is 5.97. The molecule has 1 aliphatic heterocycles. The number of rotatable bonds is 3. The van der Waals surface area contributed by atoms with Gasteiger partial charge >= 0.3 is 11.9 Å². The van der Waals surface area contributed by atoms with Gasteiger partial charge in [0.25, 0.3) is 0 Å². The second kappa shape index (κ2) is 6.34. The number of nitrogens with zero attached hydrogens (tertiary/aromatic N) is 3. The first-order valence-electron chi connectivity index (χ1n) is 7.63. The number of aliphatic carboxylic acids is 2. The van der Waals surface area contributed by atoms with Crippen molar-refractivity contribution in [1.29, 1.82) is 5.26 Å². The molecule has 126 valence electrons. The van der Waals surface area contributed by atoms with E-state index < -0.39 is 18.0 Å². The maximum absolute atomic E-state index is 11.7. The summed E-state index contributed by atoms with van der Waals surface area (Å²) in [5.41, 5.74) is 1.83. The second-order valence-electron chi connectivity index (χ2n) is 5.85. The lowest BCUT2D eigenvalue weighted by Gasteiger charge is -2.35. The lowest BCUT2D eigenvalue weighted by molar-refractivity contribution is -0.135. The third-order valence-corrected chi connectivity index (χ3v) is 4.36. The number of pyridine rings is 1. The Kier molecular flexibility index (Phi) is 4.21. The quantitative estimate of drug-likeness (QED) is 0.820. The van der Waals surface area contributed by atoms with Crippen molar-refractivity contribution in [3.05, 3.63) is 52.7 Å². The molecule has 2 N–H and O–H groups in total. The van der Waals surface area contributed by atoms with Gasteiger partial charge in [-0.1, -0.05) is 18.2 Å². The van der Waals surface area contributed by atoms with Crippen LogP contribution in [-0.2, 0) is 16.0 Å². The number of nitriles is 1. The van der Waals surface area contributed by atoms with Gasteiger partial charge in [-0.3, -0.25) is 9.88 Å². The molecule has 0 saturated carbocycles. The number of likely N-dealkylation sites (N-methyl/N-ethyl adjacent to an activating group) is 1. The fourth-order valence-corrected chi connectivity index (χ4v) is 3.30. The van der Waals surface area contributed by atoms with Gasteiger partial charge in [0.05, 0.1) is 22.7 Å². The van der Waals surface area contributed by atoms with Crippen LogP contribution in [0.5, 0.6) is 0 Å². The van der Waals surface area contributed by atoms with Crippen LogP contribution < -0.4 is 0 Å². The maximum atomic E-state index is 11.7. The largest absolute Gasteiger partial charge is 0.478 e. The van der Waals surface area contributed by atoms with E-state index in [0.29, 0.717) is 46.8 Å². The van der Waals surface area contributed by atoms with E-state index in [-0.39, 0.29) is 5.57 Å². The van der Waals surface area contributed by atoms with E-state index in [9.17, 15) is 20.0 Å². The van der Waals surface area contributed by atoms with Crippen molar-refractivity contribution in [3.63, 3.8) is 0 Å². The molecule has 1 aliphatic rings. The fraction of sp³-hybridized carbons (Fsp3) is 0.222. The Balaban J connectivity index is 2.35. The molecule has 0 radical (unpaired) electrons. The summed E-state index contributed by atoms with van der Waals surface area (Å²) < 4.78 is 0. The van der Waals surface area contributed by atoms with Crippen LogP contribution in [-0.4, -0.2) is 45.6 Å². The molecule has 25 heavy (non-hydrogen) atoms. The van der Waals surface area contributed by atoms with Crippen LogP contribution in [0, 0.1) is 11.3 Å². The van der Waals surface area contributed by atoms with Gasteiger partial charge in [-0.25, -0.2) is 9.59 Å². The molecular weight excluding hydrogens is 322 g/mol. The Bertz CT molecular complexity index is 959. The summed E-state index contributed by atoms with van der Waals surface area (Å²) in [4.78, 5) is 29.1. The summed E-state index contributed by atoms with van der Waals surface area (Å²) >= 11 is 0. The van der Waals surface area contributed by atoms with Crippen molar-refractivity contribution in [2.45, 2.75) is 12.5 Å². The average Bonchev–Trinajstić information content (AvgIpc) is 2.58. The number of carbonyl (C=O) groups is 2. The standard InChI is InChI=1S/C18H15N3O4/c1-21-7-6-14-16(17(21)11(18(24)25)8-15(22)23)12(9-19)10-4-2-3-5-13(10)20-14/h2-5,8,17H,6-7H2,1H3,(H,22,23)(H,24,25). The zero-order valence-corrected chi connectivity index (χ0v) is 13.4. The highest BCUT2D eigenvalue weighted by Crippen LogP contribution is 2.38. The number of para-hydroxylation sites is 1. The first-order chi connectivity index (χ1) is 11.9. The molecule has 2 heterocycles. The first kappa shape index (κ1) is 16.6. The predicted octanol–water partition coefficient (Wildman–Crippen LogP) is 1.73. The molecule has 0 amide bonds. The second-order valence-corrected chi connectivity index (χ2v) is 5.85. The molecule has 1 atom stereocenters. The zero-order chi connectivity index (χ0) is 18.1. The molecule has 0 aliphatic carbocycles.